The van der Waals surface area contributed by atoms with Gasteiger partial charge in [-0.15, -0.1) is 0 Å². The second kappa shape index (κ2) is 6.64. The number of benzene rings is 1. The molecule has 0 bridgehead atoms. The van der Waals surface area contributed by atoms with Crippen LogP contribution in [-0.4, -0.2) is 34.6 Å². The molecule has 1 aliphatic rings. The predicted octanol–water partition coefficient (Wildman–Crippen LogP) is 0.811. The van der Waals surface area contributed by atoms with Crippen LogP contribution >= 0.6 is 0 Å². The third kappa shape index (κ3) is 3.41. The zero-order chi connectivity index (χ0) is 16.2. The maximum Gasteiger partial charge on any atom is 0.347 e. The number of anilines is 1. The van der Waals surface area contributed by atoms with E-state index in [1.165, 1.54) is 22.0 Å². The number of carbonyl (C=O) groups excluding carboxylic acids is 1. The highest BCUT2D eigenvalue weighted by atomic mass is 16.2. The van der Waals surface area contributed by atoms with E-state index in [1.807, 2.05) is 6.07 Å². The summed E-state index contributed by atoms with van der Waals surface area (Å²) in [5, 5.41) is 2.90. The molecule has 0 radical (unpaired) electrons. The number of aromatic nitrogens is 2. The molecule has 2 heterocycles. The molecule has 23 heavy (non-hydrogen) atoms. The zero-order valence-electron chi connectivity index (χ0n) is 13.1. The van der Waals surface area contributed by atoms with E-state index < -0.39 is 5.69 Å². The summed E-state index contributed by atoms with van der Waals surface area (Å²) in [6.07, 6.45) is 4.03. The van der Waals surface area contributed by atoms with Gasteiger partial charge in [0.25, 0.3) is 0 Å². The van der Waals surface area contributed by atoms with Gasteiger partial charge in [0.1, 0.15) is 6.54 Å². The third-order valence-electron chi connectivity index (χ3n) is 4.15. The normalized spacial score (nSPS) is 14.4. The molecule has 1 atom stereocenters. The maximum atomic E-state index is 12.0. The van der Waals surface area contributed by atoms with Crippen LogP contribution in [0.4, 0.5) is 5.69 Å². The first-order valence-electron chi connectivity index (χ1n) is 7.78. The number of nitrogens with zero attached hydrogens (tertiary/aromatic N) is 3. The van der Waals surface area contributed by atoms with Crippen molar-refractivity contribution in [1.82, 2.24) is 14.9 Å². The number of fused-ring (bicyclic) bond motifs is 1. The van der Waals surface area contributed by atoms with Gasteiger partial charge in [-0.05, 0) is 31.0 Å². The monoisotopic (exact) mass is 312 g/mol. The van der Waals surface area contributed by atoms with Crippen molar-refractivity contribution in [3.63, 3.8) is 0 Å². The smallest absolute Gasteiger partial charge is 0.347 e. The van der Waals surface area contributed by atoms with E-state index in [9.17, 15) is 9.59 Å². The topological polar surface area (TPSA) is 67.2 Å². The van der Waals surface area contributed by atoms with Crippen LogP contribution in [0.3, 0.4) is 0 Å². The van der Waals surface area contributed by atoms with Crippen molar-refractivity contribution in [3.8, 4) is 0 Å². The van der Waals surface area contributed by atoms with Crippen LogP contribution in [0.2, 0.25) is 0 Å². The Morgan fingerprint density at radius 2 is 2.17 bits per heavy atom. The molecular weight excluding hydrogens is 292 g/mol. The average molecular weight is 312 g/mol. The molecule has 0 fully saturated rings. The van der Waals surface area contributed by atoms with Crippen molar-refractivity contribution >= 4 is 11.6 Å². The van der Waals surface area contributed by atoms with Gasteiger partial charge in [-0.3, -0.25) is 9.36 Å². The lowest BCUT2D eigenvalue weighted by Gasteiger charge is -2.27. The number of rotatable bonds is 5. The van der Waals surface area contributed by atoms with E-state index in [4.69, 9.17) is 0 Å². The minimum Gasteiger partial charge on any atom is -0.366 e. The molecule has 1 aliphatic heterocycles. The van der Waals surface area contributed by atoms with Crippen LogP contribution < -0.4 is 15.9 Å². The van der Waals surface area contributed by atoms with Gasteiger partial charge in [0.2, 0.25) is 5.91 Å². The van der Waals surface area contributed by atoms with Gasteiger partial charge in [0.05, 0.1) is 0 Å². The minimum atomic E-state index is -0.413. The highest BCUT2D eigenvalue weighted by Crippen LogP contribution is 2.28. The maximum absolute atomic E-state index is 12.0. The predicted molar refractivity (Wildman–Crippen MR) is 88.5 cm³/mol. The van der Waals surface area contributed by atoms with E-state index in [-0.39, 0.29) is 18.5 Å². The fraction of sp³-hybridized carbons (Fsp3) is 0.353. The fourth-order valence-corrected chi connectivity index (χ4v) is 2.91. The molecule has 120 valence electrons. The molecule has 6 heteroatoms. The lowest BCUT2D eigenvalue weighted by molar-refractivity contribution is -0.121. The van der Waals surface area contributed by atoms with Crippen LogP contribution in [0.5, 0.6) is 0 Å². The van der Waals surface area contributed by atoms with Crippen molar-refractivity contribution in [2.45, 2.75) is 25.9 Å². The summed E-state index contributed by atoms with van der Waals surface area (Å²) in [6.45, 7) is 3.61. The Hall–Kier alpha value is -2.63. The number of carbonyl (C=O) groups is 1. The number of amides is 1. The molecule has 2 aromatic rings. The number of para-hydroxylation sites is 1. The van der Waals surface area contributed by atoms with Gasteiger partial charge >= 0.3 is 5.69 Å². The Bertz CT molecular complexity index is 756. The Morgan fingerprint density at radius 1 is 1.35 bits per heavy atom. The number of hydrogen-bond donors (Lipinski definition) is 1. The Balaban J connectivity index is 1.55. The highest BCUT2D eigenvalue weighted by molar-refractivity contribution is 5.75. The third-order valence-corrected chi connectivity index (χ3v) is 4.15. The Morgan fingerprint density at radius 3 is 3.00 bits per heavy atom. The van der Waals surface area contributed by atoms with Crippen LogP contribution in [0.15, 0.2) is 47.5 Å². The summed E-state index contributed by atoms with van der Waals surface area (Å²) in [5.41, 5.74) is 2.19. The zero-order valence-corrected chi connectivity index (χ0v) is 13.1. The first-order chi connectivity index (χ1) is 11.1. The van der Waals surface area contributed by atoms with Crippen molar-refractivity contribution in [1.29, 1.82) is 0 Å². The van der Waals surface area contributed by atoms with Gasteiger partial charge in [0, 0.05) is 37.2 Å². The molecule has 0 aliphatic carbocycles. The molecule has 0 spiro atoms. The minimum absolute atomic E-state index is 0.00399. The first-order valence-corrected chi connectivity index (χ1v) is 7.78. The summed E-state index contributed by atoms with van der Waals surface area (Å²) < 4.78 is 1.30. The number of nitrogens with one attached hydrogen (secondary N) is 1. The summed E-state index contributed by atoms with van der Waals surface area (Å²) in [4.78, 5) is 29.5. The standard InChI is InChI=1S/C17H20N4O2/c1-13(21-10-7-14-5-2-3-6-15(14)21)11-19-16(22)12-20-9-4-8-18-17(20)23/h2-6,8-9,13H,7,10-12H2,1H3,(H,19,22). The Labute approximate surface area is 134 Å². The molecule has 1 aromatic carbocycles. The van der Waals surface area contributed by atoms with Gasteiger partial charge in [-0.2, -0.15) is 0 Å². The van der Waals surface area contributed by atoms with Crippen LogP contribution in [0, 0.1) is 0 Å². The summed E-state index contributed by atoms with van der Waals surface area (Å²) >= 11 is 0. The largest absolute Gasteiger partial charge is 0.366 e. The van der Waals surface area contributed by atoms with E-state index >= 15 is 0 Å². The van der Waals surface area contributed by atoms with E-state index in [2.05, 4.69) is 40.3 Å². The van der Waals surface area contributed by atoms with Gasteiger partial charge in [-0.1, -0.05) is 18.2 Å². The van der Waals surface area contributed by atoms with E-state index in [1.54, 1.807) is 12.3 Å². The summed E-state index contributed by atoms with van der Waals surface area (Å²) in [5.74, 6) is -0.181. The average Bonchev–Trinajstić information content (AvgIpc) is 2.99. The van der Waals surface area contributed by atoms with Gasteiger partial charge in [0.15, 0.2) is 0 Å². The SMILES string of the molecule is CC(CNC(=O)Cn1cccnc1=O)N1CCc2ccccc21. The highest BCUT2D eigenvalue weighted by Gasteiger charge is 2.23. The molecule has 1 unspecified atom stereocenters. The summed E-state index contributed by atoms with van der Waals surface area (Å²) in [7, 11) is 0. The summed E-state index contributed by atoms with van der Waals surface area (Å²) in [6, 6.07) is 10.2. The van der Waals surface area contributed by atoms with Crippen LogP contribution in [-0.2, 0) is 17.8 Å². The molecule has 3 rings (SSSR count). The van der Waals surface area contributed by atoms with Crippen molar-refractivity contribution < 1.29 is 4.79 Å². The van der Waals surface area contributed by atoms with E-state index in [0.717, 1.165) is 13.0 Å². The van der Waals surface area contributed by atoms with Crippen LogP contribution in [0.1, 0.15) is 12.5 Å². The molecule has 1 N–H and O–H groups in total. The lowest BCUT2D eigenvalue weighted by atomic mass is 10.2. The lowest BCUT2D eigenvalue weighted by Crippen LogP contribution is -2.43. The second-order valence-corrected chi connectivity index (χ2v) is 5.76. The van der Waals surface area contributed by atoms with Crippen LogP contribution in [0.25, 0.3) is 0 Å². The first kappa shape index (κ1) is 15.3. The Kier molecular flexibility index (Phi) is 4.41. The van der Waals surface area contributed by atoms with E-state index in [0.29, 0.717) is 6.54 Å². The molecule has 6 nitrogen and oxygen atoms in total. The molecular formula is C17H20N4O2. The molecule has 0 saturated carbocycles. The second-order valence-electron chi connectivity index (χ2n) is 5.76. The quantitative estimate of drug-likeness (QED) is 0.887. The van der Waals surface area contributed by atoms with Crippen molar-refractivity contribution in [2.75, 3.05) is 18.0 Å². The molecule has 1 aromatic heterocycles. The van der Waals surface area contributed by atoms with Gasteiger partial charge in [-0.25, -0.2) is 9.78 Å². The fourth-order valence-electron chi connectivity index (χ4n) is 2.91. The van der Waals surface area contributed by atoms with Crippen molar-refractivity contribution in [2.24, 2.45) is 0 Å². The molecule has 0 saturated heterocycles. The number of hydrogen-bond acceptors (Lipinski definition) is 4. The van der Waals surface area contributed by atoms with Gasteiger partial charge < -0.3 is 10.2 Å². The molecule has 1 amide bonds. The van der Waals surface area contributed by atoms with Crippen molar-refractivity contribution in [3.05, 3.63) is 58.8 Å².